The molecule has 0 saturated carbocycles. The van der Waals surface area contributed by atoms with Gasteiger partial charge in [0.2, 0.25) is 0 Å². The van der Waals surface area contributed by atoms with Crippen molar-refractivity contribution < 1.29 is 24.3 Å². The Labute approximate surface area is 268 Å². The van der Waals surface area contributed by atoms with Gasteiger partial charge in [0.25, 0.3) is 0 Å². The molecule has 0 amide bonds. The molecular weight excluding hydrogens is 568 g/mol. The first-order valence-electron chi connectivity index (χ1n) is 15.3. The molecule has 0 spiro atoms. The standard InChI is InChI=1S/C33H39N3O5.C2H6.CH5N/c1-6-23(3)28-12-10-26(31-14-15-33(41-31)34-16-17-36(38)39-5)19-29(28)24(4)35-27-11-13-32(30(37)20-27)40-21-25-9-7-8-22(2)18-25;2*1-2/h7-15,18-20,23,34-35,37-38H,4,6,16-17,21H2,1-3,5H3;1-2H3;2H2,1H3. The van der Waals surface area contributed by atoms with Crippen LogP contribution < -0.4 is 21.1 Å². The lowest BCUT2D eigenvalue weighted by Gasteiger charge is -2.19. The van der Waals surface area contributed by atoms with Crippen LogP contribution in [0.25, 0.3) is 17.0 Å². The summed E-state index contributed by atoms with van der Waals surface area (Å²) in [6, 6.07) is 23.3. The Morgan fingerprint density at radius 1 is 1.04 bits per heavy atom. The number of hydrogen-bond donors (Lipinski definition) is 5. The fraction of sp³-hybridized carbons (Fsp3) is 0.333. The molecule has 1 heterocycles. The second-order valence-corrected chi connectivity index (χ2v) is 10.0. The van der Waals surface area contributed by atoms with Crippen molar-refractivity contribution in [2.75, 3.05) is 37.9 Å². The minimum atomic E-state index is 0.0526. The van der Waals surface area contributed by atoms with Crippen LogP contribution in [0.15, 0.2) is 83.8 Å². The highest BCUT2D eigenvalue weighted by Gasteiger charge is 2.16. The van der Waals surface area contributed by atoms with Crippen molar-refractivity contribution in [3.8, 4) is 22.8 Å². The lowest BCUT2D eigenvalue weighted by atomic mass is 9.90. The van der Waals surface area contributed by atoms with E-state index in [0.29, 0.717) is 47.8 Å². The highest BCUT2D eigenvalue weighted by molar-refractivity contribution is 5.80. The molecule has 9 heteroatoms. The number of phenolic OH excluding ortho intramolecular Hbond substituents is 1. The van der Waals surface area contributed by atoms with Gasteiger partial charge in [0.15, 0.2) is 17.4 Å². The number of ether oxygens (including phenoxy) is 1. The van der Waals surface area contributed by atoms with Gasteiger partial charge in [-0.15, -0.1) is 0 Å². The van der Waals surface area contributed by atoms with Gasteiger partial charge in [-0.2, -0.15) is 0 Å². The van der Waals surface area contributed by atoms with E-state index in [9.17, 15) is 10.3 Å². The van der Waals surface area contributed by atoms with Crippen LogP contribution in [0.5, 0.6) is 11.5 Å². The molecule has 1 aromatic heterocycles. The number of aryl methyl sites for hydroxylation is 1. The van der Waals surface area contributed by atoms with E-state index in [0.717, 1.165) is 33.9 Å². The summed E-state index contributed by atoms with van der Waals surface area (Å²) in [4.78, 5) is 4.71. The fourth-order valence-electron chi connectivity index (χ4n) is 4.50. The summed E-state index contributed by atoms with van der Waals surface area (Å²) < 4.78 is 11.9. The first kappa shape index (κ1) is 36.9. The zero-order chi connectivity index (χ0) is 33.4. The summed E-state index contributed by atoms with van der Waals surface area (Å²) in [7, 11) is 2.90. The number of anilines is 2. The zero-order valence-electron chi connectivity index (χ0n) is 27.7. The van der Waals surface area contributed by atoms with E-state index in [4.69, 9.17) is 14.0 Å². The number of furan rings is 1. The average molecular weight is 619 g/mol. The predicted octanol–water partition coefficient (Wildman–Crippen LogP) is 8.40. The predicted molar refractivity (Wildman–Crippen MR) is 185 cm³/mol. The molecule has 0 aliphatic carbocycles. The summed E-state index contributed by atoms with van der Waals surface area (Å²) in [6.45, 7) is 15.8. The van der Waals surface area contributed by atoms with Gasteiger partial charge in [-0.25, -0.2) is 0 Å². The molecule has 0 aliphatic rings. The van der Waals surface area contributed by atoms with Crippen molar-refractivity contribution in [1.29, 1.82) is 0 Å². The molecule has 45 heavy (non-hydrogen) atoms. The van der Waals surface area contributed by atoms with E-state index >= 15 is 0 Å². The van der Waals surface area contributed by atoms with Crippen LogP contribution in [-0.4, -0.2) is 42.8 Å². The van der Waals surface area contributed by atoms with Crippen LogP contribution in [0.3, 0.4) is 0 Å². The molecule has 4 aromatic rings. The fourth-order valence-corrected chi connectivity index (χ4v) is 4.50. The minimum Gasteiger partial charge on any atom is -0.504 e. The Balaban J connectivity index is 0.00000169. The Kier molecular flexibility index (Phi) is 15.7. The number of hydroxylamine groups is 2. The number of nitrogens with two attached hydrogens (primary N) is 1. The zero-order valence-corrected chi connectivity index (χ0v) is 27.7. The molecule has 1 atom stereocenters. The maximum Gasteiger partial charge on any atom is 0.193 e. The van der Waals surface area contributed by atoms with Gasteiger partial charge < -0.3 is 30.6 Å². The van der Waals surface area contributed by atoms with Crippen molar-refractivity contribution in [2.45, 2.75) is 53.6 Å². The topological polar surface area (TPSA) is 125 Å². The number of benzene rings is 3. The molecule has 6 N–H and O–H groups in total. The molecular formula is C36H50N4O5. The van der Waals surface area contributed by atoms with Gasteiger partial charge in [-0.05, 0) is 61.7 Å². The summed E-state index contributed by atoms with van der Waals surface area (Å²) in [5.41, 5.74) is 11.2. The molecule has 4 rings (SSSR count). The molecule has 9 nitrogen and oxygen atoms in total. The van der Waals surface area contributed by atoms with Gasteiger partial charge in [-0.1, -0.05) is 81.5 Å². The van der Waals surface area contributed by atoms with E-state index in [1.165, 1.54) is 19.7 Å². The number of nitrogens with zero attached hydrogens (tertiary/aromatic N) is 1. The summed E-state index contributed by atoms with van der Waals surface area (Å²) in [6.07, 6.45) is 0.978. The monoisotopic (exact) mass is 618 g/mol. The number of hydrogen-bond acceptors (Lipinski definition) is 9. The van der Waals surface area contributed by atoms with Crippen LogP contribution in [0, 0.1) is 6.92 Å². The van der Waals surface area contributed by atoms with Crippen molar-refractivity contribution in [3.63, 3.8) is 0 Å². The molecule has 244 valence electrons. The first-order chi connectivity index (χ1) is 21.8. The average Bonchev–Trinajstić information content (AvgIpc) is 3.54. The molecule has 0 fully saturated rings. The minimum absolute atomic E-state index is 0.0526. The van der Waals surface area contributed by atoms with Gasteiger partial charge in [0.1, 0.15) is 12.4 Å². The van der Waals surface area contributed by atoms with E-state index in [1.54, 1.807) is 12.1 Å². The molecule has 0 radical (unpaired) electrons. The van der Waals surface area contributed by atoms with E-state index in [-0.39, 0.29) is 12.3 Å². The number of phenols is 1. The second kappa shape index (κ2) is 19.2. The quantitative estimate of drug-likeness (QED) is 0.0886. The van der Waals surface area contributed by atoms with Gasteiger partial charge in [0.05, 0.1) is 13.7 Å². The number of nitrogens with one attached hydrogen (secondary N) is 2. The maximum absolute atomic E-state index is 10.7. The van der Waals surface area contributed by atoms with Gasteiger partial charge in [-0.3, -0.25) is 10.0 Å². The molecule has 0 aliphatic heterocycles. The Bertz CT molecular complexity index is 1470. The van der Waals surface area contributed by atoms with Crippen molar-refractivity contribution >= 4 is 17.3 Å². The van der Waals surface area contributed by atoms with Crippen LogP contribution in [0.2, 0.25) is 0 Å². The number of aromatic hydroxyl groups is 1. The molecule has 0 bridgehead atoms. The normalized spacial score (nSPS) is 11.1. The number of rotatable bonds is 14. The molecule has 3 aromatic carbocycles. The molecule has 1 unspecified atom stereocenters. The largest absolute Gasteiger partial charge is 0.504 e. The second-order valence-electron chi connectivity index (χ2n) is 10.0. The third kappa shape index (κ3) is 11.0. The van der Waals surface area contributed by atoms with E-state index in [2.05, 4.69) is 55.0 Å². The third-order valence-corrected chi connectivity index (χ3v) is 6.96. The smallest absolute Gasteiger partial charge is 0.193 e. The SMILES string of the molecule is C=C(Nc1ccc(OCc2cccc(C)c2)c(O)c1)c1cc(-c2ccc(NCCN(O)OC)o2)ccc1C(C)CC.CC.CN. The van der Waals surface area contributed by atoms with Crippen molar-refractivity contribution in [1.82, 2.24) is 5.23 Å². The Morgan fingerprint density at radius 3 is 2.47 bits per heavy atom. The first-order valence-corrected chi connectivity index (χ1v) is 15.3. The van der Waals surface area contributed by atoms with E-state index < -0.39 is 0 Å². The maximum atomic E-state index is 10.7. The lowest BCUT2D eigenvalue weighted by molar-refractivity contribution is -0.323. The Morgan fingerprint density at radius 2 is 1.80 bits per heavy atom. The van der Waals surface area contributed by atoms with Crippen molar-refractivity contribution in [3.05, 3.63) is 102 Å². The Hall–Kier alpha value is -4.28. The summed E-state index contributed by atoms with van der Waals surface area (Å²) in [5.74, 6) is 2.09. The summed E-state index contributed by atoms with van der Waals surface area (Å²) >= 11 is 0. The van der Waals surface area contributed by atoms with Crippen LogP contribution in [0.1, 0.15) is 62.3 Å². The molecule has 0 saturated heterocycles. The lowest BCUT2D eigenvalue weighted by Crippen LogP contribution is -2.24. The van der Waals surface area contributed by atoms with Gasteiger partial charge in [0, 0.05) is 41.2 Å². The summed E-state index contributed by atoms with van der Waals surface area (Å²) in [5, 5.41) is 27.3. The highest BCUT2D eigenvalue weighted by atomic mass is 16.9. The van der Waals surface area contributed by atoms with Crippen LogP contribution >= 0.6 is 0 Å². The van der Waals surface area contributed by atoms with E-state index in [1.807, 2.05) is 63.2 Å². The van der Waals surface area contributed by atoms with Crippen molar-refractivity contribution in [2.24, 2.45) is 5.73 Å². The van der Waals surface area contributed by atoms with Crippen LogP contribution in [0.4, 0.5) is 11.6 Å². The van der Waals surface area contributed by atoms with Gasteiger partial charge >= 0.3 is 0 Å². The third-order valence-electron chi connectivity index (χ3n) is 6.96. The highest BCUT2D eigenvalue weighted by Crippen LogP contribution is 2.35. The van der Waals surface area contributed by atoms with Crippen LogP contribution in [-0.2, 0) is 11.4 Å².